The van der Waals surface area contributed by atoms with Gasteiger partial charge in [0.05, 0.1) is 10.9 Å². The molecule has 0 aliphatic heterocycles. The van der Waals surface area contributed by atoms with E-state index in [9.17, 15) is 4.79 Å². The molecule has 3 rings (SSSR count). The molecule has 4 heteroatoms. The van der Waals surface area contributed by atoms with E-state index in [0.717, 1.165) is 11.1 Å². The van der Waals surface area contributed by atoms with Crippen molar-refractivity contribution in [1.82, 2.24) is 15.0 Å². The predicted octanol–water partition coefficient (Wildman–Crippen LogP) is 2.29. The van der Waals surface area contributed by atoms with E-state index in [0.29, 0.717) is 16.7 Å². The maximum Gasteiger partial charge on any atom is 0.259 e. The molecule has 1 N–H and O–H groups in total. The number of nitrogens with one attached hydrogen (secondary N) is 1. The van der Waals surface area contributed by atoms with Gasteiger partial charge in [-0.1, -0.05) is 11.6 Å². The minimum atomic E-state index is -0.123. The maximum absolute atomic E-state index is 12.0. The summed E-state index contributed by atoms with van der Waals surface area (Å²) in [5.74, 6) is 0.546. The third-order valence-corrected chi connectivity index (χ3v) is 2.80. The Kier molecular flexibility index (Phi) is 2.41. The van der Waals surface area contributed by atoms with Crippen molar-refractivity contribution in [3.05, 3.63) is 58.6 Å². The van der Waals surface area contributed by atoms with Gasteiger partial charge in [-0.3, -0.25) is 9.78 Å². The van der Waals surface area contributed by atoms with Crippen molar-refractivity contribution in [1.29, 1.82) is 0 Å². The lowest BCUT2D eigenvalue weighted by molar-refractivity contribution is 1.16. The summed E-state index contributed by atoms with van der Waals surface area (Å²) < 4.78 is 0. The molecular formula is C14H11N3O. The fourth-order valence-electron chi connectivity index (χ4n) is 1.89. The Hall–Kier alpha value is -2.49. The molecule has 1 aromatic carbocycles. The van der Waals surface area contributed by atoms with Gasteiger partial charge in [0.25, 0.3) is 5.56 Å². The van der Waals surface area contributed by atoms with Crippen molar-refractivity contribution in [2.24, 2.45) is 0 Å². The molecule has 2 heterocycles. The van der Waals surface area contributed by atoms with Gasteiger partial charge in [-0.25, -0.2) is 4.98 Å². The summed E-state index contributed by atoms with van der Waals surface area (Å²) >= 11 is 0. The van der Waals surface area contributed by atoms with E-state index < -0.39 is 0 Å². The number of aryl methyl sites for hydroxylation is 1. The van der Waals surface area contributed by atoms with Crippen LogP contribution in [0.5, 0.6) is 0 Å². The van der Waals surface area contributed by atoms with Gasteiger partial charge >= 0.3 is 0 Å². The number of hydrogen-bond donors (Lipinski definition) is 1. The molecule has 0 fully saturated rings. The van der Waals surface area contributed by atoms with Gasteiger partial charge in [-0.05, 0) is 31.2 Å². The van der Waals surface area contributed by atoms with Crippen LogP contribution in [0.4, 0.5) is 0 Å². The van der Waals surface area contributed by atoms with Gasteiger partial charge in [0.15, 0.2) is 0 Å². The third-order valence-electron chi connectivity index (χ3n) is 2.80. The van der Waals surface area contributed by atoms with Crippen molar-refractivity contribution >= 4 is 10.9 Å². The van der Waals surface area contributed by atoms with Crippen LogP contribution in [0.25, 0.3) is 22.3 Å². The van der Waals surface area contributed by atoms with Crippen molar-refractivity contribution < 1.29 is 0 Å². The first-order chi connectivity index (χ1) is 8.74. The molecule has 0 bridgehead atoms. The van der Waals surface area contributed by atoms with Crippen LogP contribution < -0.4 is 5.56 Å². The highest BCUT2D eigenvalue weighted by molar-refractivity contribution is 5.80. The summed E-state index contributed by atoms with van der Waals surface area (Å²) in [6, 6.07) is 9.33. The monoisotopic (exact) mass is 237 g/mol. The van der Waals surface area contributed by atoms with Crippen molar-refractivity contribution in [3.63, 3.8) is 0 Å². The molecule has 0 aliphatic rings. The second kappa shape index (κ2) is 4.07. The van der Waals surface area contributed by atoms with E-state index in [4.69, 9.17) is 0 Å². The average Bonchev–Trinajstić information content (AvgIpc) is 2.40. The smallest absolute Gasteiger partial charge is 0.259 e. The van der Waals surface area contributed by atoms with Crippen LogP contribution in [0.1, 0.15) is 5.56 Å². The highest BCUT2D eigenvalue weighted by Gasteiger charge is 2.05. The van der Waals surface area contributed by atoms with Gasteiger partial charge in [0, 0.05) is 18.0 Å². The van der Waals surface area contributed by atoms with E-state index in [1.807, 2.05) is 37.3 Å². The summed E-state index contributed by atoms with van der Waals surface area (Å²) in [6.45, 7) is 1.95. The first kappa shape index (κ1) is 10.7. The number of aromatic amines is 1. The summed E-state index contributed by atoms with van der Waals surface area (Å²) in [6.07, 6.45) is 3.37. The van der Waals surface area contributed by atoms with E-state index >= 15 is 0 Å². The third kappa shape index (κ3) is 1.78. The van der Waals surface area contributed by atoms with E-state index in [1.165, 1.54) is 0 Å². The van der Waals surface area contributed by atoms with E-state index in [-0.39, 0.29) is 5.56 Å². The van der Waals surface area contributed by atoms with Gasteiger partial charge < -0.3 is 4.98 Å². The quantitative estimate of drug-likeness (QED) is 0.706. The number of hydrogen-bond acceptors (Lipinski definition) is 3. The summed E-state index contributed by atoms with van der Waals surface area (Å²) in [7, 11) is 0. The molecule has 0 saturated carbocycles. The fourth-order valence-corrected chi connectivity index (χ4v) is 1.89. The molecule has 4 nitrogen and oxygen atoms in total. The number of fused-ring (bicyclic) bond motifs is 1. The lowest BCUT2D eigenvalue weighted by atomic mass is 10.1. The fraction of sp³-hybridized carbons (Fsp3) is 0.0714. The molecule has 0 radical (unpaired) electrons. The molecule has 0 saturated heterocycles. The Morgan fingerprint density at radius 1 is 1.22 bits per heavy atom. The van der Waals surface area contributed by atoms with Crippen LogP contribution >= 0.6 is 0 Å². The number of aromatic nitrogens is 3. The molecule has 18 heavy (non-hydrogen) atoms. The standard InChI is InChI=1S/C14H11N3O/c1-9-4-5-12-11(7-9)14(18)17-13(16-12)10-3-2-6-15-8-10/h2-8H,1H3,(H,16,17,18). The Balaban J connectivity index is 2.29. The average molecular weight is 237 g/mol. The minimum Gasteiger partial charge on any atom is -0.306 e. The molecule has 0 spiro atoms. The van der Waals surface area contributed by atoms with Crippen LogP contribution in [0.3, 0.4) is 0 Å². The highest BCUT2D eigenvalue weighted by Crippen LogP contribution is 2.15. The van der Waals surface area contributed by atoms with Gasteiger partial charge in [0.2, 0.25) is 0 Å². The highest BCUT2D eigenvalue weighted by atomic mass is 16.1. The predicted molar refractivity (Wildman–Crippen MR) is 70.3 cm³/mol. The van der Waals surface area contributed by atoms with Crippen molar-refractivity contribution in [2.45, 2.75) is 6.92 Å². The molecule has 2 aromatic heterocycles. The van der Waals surface area contributed by atoms with Crippen LogP contribution in [-0.2, 0) is 0 Å². The second-order valence-corrected chi connectivity index (χ2v) is 4.18. The Morgan fingerprint density at radius 2 is 2.11 bits per heavy atom. The lowest BCUT2D eigenvalue weighted by Gasteiger charge is -2.03. The topological polar surface area (TPSA) is 58.6 Å². The normalized spacial score (nSPS) is 10.7. The largest absolute Gasteiger partial charge is 0.306 e. The van der Waals surface area contributed by atoms with Crippen molar-refractivity contribution in [2.75, 3.05) is 0 Å². The zero-order chi connectivity index (χ0) is 12.5. The summed E-state index contributed by atoms with van der Waals surface area (Å²) in [5.41, 5.74) is 2.42. The summed E-state index contributed by atoms with van der Waals surface area (Å²) in [4.78, 5) is 23.3. The second-order valence-electron chi connectivity index (χ2n) is 4.18. The molecule has 0 unspecified atom stereocenters. The maximum atomic E-state index is 12.0. The molecule has 0 amide bonds. The Morgan fingerprint density at radius 3 is 2.89 bits per heavy atom. The minimum absolute atomic E-state index is 0.123. The Bertz CT molecular complexity index is 763. The van der Waals surface area contributed by atoms with Crippen LogP contribution in [0, 0.1) is 6.92 Å². The van der Waals surface area contributed by atoms with Gasteiger partial charge in [0.1, 0.15) is 5.82 Å². The van der Waals surface area contributed by atoms with Crippen LogP contribution in [0.15, 0.2) is 47.5 Å². The van der Waals surface area contributed by atoms with Gasteiger partial charge in [-0.2, -0.15) is 0 Å². The zero-order valence-electron chi connectivity index (χ0n) is 9.84. The SMILES string of the molecule is Cc1ccc2nc(-c3cccnc3)[nH]c(=O)c2c1. The lowest BCUT2D eigenvalue weighted by Crippen LogP contribution is -2.09. The van der Waals surface area contributed by atoms with Crippen molar-refractivity contribution in [3.8, 4) is 11.4 Å². The molecular weight excluding hydrogens is 226 g/mol. The van der Waals surface area contributed by atoms with E-state index in [2.05, 4.69) is 15.0 Å². The van der Waals surface area contributed by atoms with Gasteiger partial charge in [-0.15, -0.1) is 0 Å². The Labute approximate surface area is 103 Å². The summed E-state index contributed by atoms with van der Waals surface area (Å²) in [5, 5.41) is 0.614. The number of nitrogens with zero attached hydrogens (tertiary/aromatic N) is 2. The first-order valence-corrected chi connectivity index (χ1v) is 5.65. The number of H-pyrrole nitrogens is 1. The molecule has 0 aliphatic carbocycles. The van der Waals surface area contributed by atoms with Crippen LogP contribution in [-0.4, -0.2) is 15.0 Å². The van der Waals surface area contributed by atoms with Crippen LogP contribution in [0.2, 0.25) is 0 Å². The molecule has 0 atom stereocenters. The zero-order valence-corrected chi connectivity index (χ0v) is 9.84. The van der Waals surface area contributed by atoms with E-state index in [1.54, 1.807) is 12.4 Å². The number of pyridine rings is 1. The molecule has 88 valence electrons. The number of rotatable bonds is 1. The first-order valence-electron chi connectivity index (χ1n) is 5.65. The number of benzene rings is 1. The molecule has 3 aromatic rings.